The molecular weight excluding hydrogens is 296 g/mol. The maximum Gasteiger partial charge on any atom is 0.0577 e. The maximum absolute atomic E-state index is 10.1. The number of hydrogen-bond acceptors (Lipinski definition) is 3. The van der Waals surface area contributed by atoms with E-state index in [1.807, 2.05) is 0 Å². The van der Waals surface area contributed by atoms with E-state index >= 15 is 0 Å². The number of fused-ring (bicyclic) bond motifs is 5. The number of hydrogen-bond donors (Lipinski definition) is 2. The number of nitrogens with zero attached hydrogens (tertiary/aromatic N) is 1. The second-order valence-corrected chi connectivity index (χ2v) is 9.60. The van der Waals surface area contributed by atoms with E-state index in [-0.39, 0.29) is 6.10 Å². The normalized spacial score (nSPS) is 51.4. The Bertz CT molecular complexity index is 582. The van der Waals surface area contributed by atoms with Crippen LogP contribution in [0.3, 0.4) is 0 Å². The summed E-state index contributed by atoms with van der Waals surface area (Å²) in [5, 5.41) is 14.2. The molecule has 0 spiro atoms. The standard InChI is InChI=1S/C21H34N2O/c1-13(23-22)17-6-7-18-16-5-4-14-12-15(24)8-10-20(14,2)19(16)9-11-21(17,18)3/h4,15-19,24H,5-12,22H2,1-3H3/b23-13-/t15?,16?,17-,18?,19?,20+,21-/m1/s1. The lowest BCUT2D eigenvalue weighted by molar-refractivity contribution is -0.0423. The van der Waals surface area contributed by atoms with Gasteiger partial charge in [-0.2, -0.15) is 5.10 Å². The fourth-order valence-corrected chi connectivity index (χ4v) is 7.42. The third kappa shape index (κ3) is 2.16. The van der Waals surface area contributed by atoms with Gasteiger partial charge in [0.2, 0.25) is 0 Å². The van der Waals surface area contributed by atoms with Crippen molar-refractivity contribution in [1.29, 1.82) is 0 Å². The van der Waals surface area contributed by atoms with E-state index in [0.717, 1.165) is 36.3 Å². The Balaban J connectivity index is 1.65. The first-order chi connectivity index (χ1) is 11.4. The van der Waals surface area contributed by atoms with E-state index in [1.165, 1.54) is 38.5 Å². The Labute approximate surface area is 146 Å². The van der Waals surface area contributed by atoms with Crippen molar-refractivity contribution in [2.24, 2.45) is 45.4 Å². The lowest BCUT2D eigenvalue weighted by Crippen LogP contribution is -2.50. The van der Waals surface area contributed by atoms with Gasteiger partial charge in [0.15, 0.2) is 0 Å². The number of nitrogens with two attached hydrogens (primary N) is 1. The number of hydrazone groups is 1. The van der Waals surface area contributed by atoms with Crippen LogP contribution in [0.25, 0.3) is 0 Å². The second kappa shape index (κ2) is 5.59. The zero-order valence-corrected chi connectivity index (χ0v) is 15.6. The number of allylic oxidation sites excluding steroid dienone is 1. The molecule has 3 N–H and O–H groups in total. The average Bonchev–Trinajstić information content (AvgIpc) is 2.92. The minimum absolute atomic E-state index is 0.103. The molecule has 0 aromatic carbocycles. The zero-order chi connectivity index (χ0) is 17.1. The molecule has 3 heteroatoms. The van der Waals surface area contributed by atoms with Crippen molar-refractivity contribution in [2.45, 2.75) is 78.2 Å². The molecule has 0 heterocycles. The Kier molecular flexibility index (Phi) is 3.87. The van der Waals surface area contributed by atoms with Crippen LogP contribution in [0, 0.1) is 34.5 Å². The van der Waals surface area contributed by atoms with Gasteiger partial charge in [-0.05, 0) is 86.9 Å². The maximum atomic E-state index is 10.1. The summed E-state index contributed by atoms with van der Waals surface area (Å²) in [6.45, 7) is 7.16. The molecule has 3 saturated carbocycles. The number of aliphatic hydroxyl groups is 1. The van der Waals surface area contributed by atoms with Gasteiger partial charge in [-0.25, -0.2) is 0 Å². The molecule has 134 valence electrons. The van der Waals surface area contributed by atoms with E-state index in [2.05, 4.69) is 31.9 Å². The highest BCUT2D eigenvalue weighted by atomic mass is 16.3. The molecule has 3 fully saturated rings. The second-order valence-electron chi connectivity index (χ2n) is 9.60. The topological polar surface area (TPSA) is 58.6 Å². The molecule has 0 aromatic rings. The average molecular weight is 331 g/mol. The van der Waals surface area contributed by atoms with Crippen molar-refractivity contribution in [3.05, 3.63) is 11.6 Å². The monoisotopic (exact) mass is 330 g/mol. The molecular formula is C21H34N2O. The van der Waals surface area contributed by atoms with Gasteiger partial charge >= 0.3 is 0 Å². The summed E-state index contributed by atoms with van der Waals surface area (Å²) in [5.41, 5.74) is 3.47. The lowest BCUT2D eigenvalue weighted by atomic mass is 9.47. The lowest BCUT2D eigenvalue weighted by Gasteiger charge is -2.58. The predicted molar refractivity (Wildman–Crippen MR) is 98.5 cm³/mol. The van der Waals surface area contributed by atoms with Crippen LogP contribution in [0.1, 0.15) is 72.1 Å². The Morgan fingerprint density at radius 2 is 1.96 bits per heavy atom. The summed E-state index contributed by atoms with van der Waals surface area (Å²) in [5.74, 6) is 8.68. The molecule has 4 rings (SSSR count). The molecule has 4 aliphatic rings. The van der Waals surface area contributed by atoms with Gasteiger partial charge in [-0.15, -0.1) is 0 Å². The van der Waals surface area contributed by atoms with Gasteiger partial charge in [-0.1, -0.05) is 25.5 Å². The van der Waals surface area contributed by atoms with Crippen LogP contribution >= 0.6 is 0 Å². The highest BCUT2D eigenvalue weighted by molar-refractivity contribution is 5.85. The van der Waals surface area contributed by atoms with Crippen molar-refractivity contribution in [3.63, 3.8) is 0 Å². The minimum atomic E-state index is -0.103. The number of rotatable bonds is 1. The molecule has 0 aromatic heterocycles. The molecule has 4 unspecified atom stereocenters. The smallest absolute Gasteiger partial charge is 0.0577 e. The summed E-state index contributed by atoms with van der Waals surface area (Å²) >= 11 is 0. The van der Waals surface area contributed by atoms with Crippen molar-refractivity contribution in [3.8, 4) is 0 Å². The van der Waals surface area contributed by atoms with Crippen molar-refractivity contribution < 1.29 is 5.11 Å². The van der Waals surface area contributed by atoms with E-state index in [9.17, 15) is 5.11 Å². The summed E-state index contributed by atoms with van der Waals surface area (Å²) in [6.07, 6.45) is 12.0. The van der Waals surface area contributed by atoms with Gasteiger partial charge in [0.1, 0.15) is 0 Å². The predicted octanol–water partition coefficient (Wildman–Crippen LogP) is 4.26. The van der Waals surface area contributed by atoms with E-state index in [1.54, 1.807) is 5.57 Å². The first-order valence-corrected chi connectivity index (χ1v) is 10.0. The van der Waals surface area contributed by atoms with Gasteiger partial charge in [0.05, 0.1) is 6.10 Å². The Morgan fingerprint density at radius 3 is 2.71 bits per heavy atom. The highest BCUT2D eigenvalue weighted by Gasteiger charge is 2.58. The third-order valence-corrected chi connectivity index (χ3v) is 8.79. The van der Waals surface area contributed by atoms with E-state index in [0.29, 0.717) is 16.7 Å². The van der Waals surface area contributed by atoms with Gasteiger partial charge in [-0.3, -0.25) is 0 Å². The fraction of sp³-hybridized carbons (Fsp3) is 0.857. The van der Waals surface area contributed by atoms with Crippen LogP contribution < -0.4 is 5.84 Å². The Hall–Kier alpha value is -0.830. The van der Waals surface area contributed by atoms with Gasteiger partial charge in [0, 0.05) is 11.6 Å². The Morgan fingerprint density at radius 1 is 1.17 bits per heavy atom. The van der Waals surface area contributed by atoms with Crippen molar-refractivity contribution in [1.82, 2.24) is 0 Å². The third-order valence-electron chi connectivity index (χ3n) is 8.79. The largest absolute Gasteiger partial charge is 0.393 e. The zero-order valence-electron chi connectivity index (χ0n) is 15.6. The molecule has 24 heavy (non-hydrogen) atoms. The first kappa shape index (κ1) is 16.6. The molecule has 0 bridgehead atoms. The highest BCUT2D eigenvalue weighted by Crippen LogP contribution is 2.66. The SMILES string of the molecule is C/C(=N/N)[C@H]1CCC2C3CC=C4CC(O)CC[C@]4(C)C3CC[C@@]21C. The first-order valence-electron chi connectivity index (χ1n) is 10.0. The number of aliphatic hydroxyl groups excluding tert-OH is 1. The van der Waals surface area contributed by atoms with Gasteiger partial charge in [0.25, 0.3) is 0 Å². The molecule has 0 amide bonds. The van der Waals surface area contributed by atoms with E-state index in [4.69, 9.17) is 5.84 Å². The quantitative estimate of drug-likeness (QED) is 0.327. The summed E-state index contributed by atoms with van der Waals surface area (Å²) in [4.78, 5) is 0. The van der Waals surface area contributed by atoms with Crippen molar-refractivity contribution in [2.75, 3.05) is 0 Å². The minimum Gasteiger partial charge on any atom is -0.393 e. The van der Waals surface area contributed by atoms with Crippen LogP contribution in [-0.2, 0) is 0 Å². The summed E-state index contributed by atoms with van der Waals surface area (Å²) in [6, 6.07) is 0. The van der Waals surface area contributed by atoms with Crippen LogP contribution in [-0.4, -0.2) is 16.9 Å². The summed E-state index contributed by atoms with van der Waals surface area (Å²) < 4.78 is 0. The molecule has 0 saturated heterocycles. The molecule has 0 aliphatic heterocycles. The van der Waals surface area contributed by atoms with Crippen LogP contribution in [0.2, 0.25) is 0 Å². The van der Waals surface area contributed by atoms with Gasteiger partial charge < -0.3 is 10.9 Å². The fourth-order valence-electron chi connectivity index (χ4n) is 7.42. The van der Waals surface area contributed by atoms with Crippen LogP contribution in [0.15, 0.2) is 16.8 Å². The van der Waals surface area contributed by atoms with Crippen molar-refractivity contribution >= 4 is 5.71 Å². The van der Waals surface area contributed by atoms with Crippen LogP contribution in [0.5, 0.6) is 0 Å². The van der Waals surface area contributed by atoms with Crippen LogP contribution in [0.4, 0.5) is 0 Å². The molecule has 4 aliphatic carbocycles. The molecule has 3 nitrogen and oxygen atoms in total. The summed E-state index contributed by atoms with van der Waals surface area (Å²) in [7, 11) is 0. The molecule has 7 atom stereocenters. The molecule has 0 radical (unpaired) electrons. The van der Waals surface area contributed by atoms with E-state index < -0.39 is 0 Å².